The third-order valence-electron chi connectivity index (χ3n) is 4.77. The van der Waals surface area contributed by atoms with Crippen LogP contribution in [0.1, 0.15) is 33.4 Å². The number of nitrogens with zero attached hydrogens (tertiary/aromatic N) is 1. The molecule has 2 N–H and O–H groups in total. The number of ether oxygens (including phenoxy) is 1. The van der Waals surface area contributed by atoms with Crippen molar-refractivity contribution in [3.05, 3.63) is 33.1 Å². The number of H-pyrrole nitrogens is 1. The van der Waals surface area contributed by atoms with Crippen molar-refractivity contribution in [1.82, 2.24) is 9.55 Å². The molecular formula is C15H26N2O5Si. The molecule has 2 heterocycles. The fourth-order valence-corrected chi connectivity index (χ4v) is 3.73. The average molecular weight is 342 g/mol. The van der Waals surface area contributed by atoms with Crippen LogP contribution in [0.15, 0.2) is 21.9 Å². The largest absolute Gasteiger partial charge is 0.411 e. The average Bonchev–Trinajstić information content (AvgIpc) is 2.79. The van der Waals surface area contributed by atoms with Gasteiger partial charge in [0.2, 0.25) is 0 Å². The van der Waals surface area contributed by atoms with Gasteiger partial charge in [0.25, 0.3) is 5.56 Å². The van der Waals surface area contributed by atoms with Gasteiger partial charge < -0.3 is 14.3 Å². The first kappa shape index (κ1) is 18.1. The number of hydrogen-bond acceptors (Lipinski definition) is 5. The van der Waals surface area contributed by atoms with Crippen LogP contribution in [-0.2, 0) is 9.16 Å². The van der Waals surface area contributed by atoms with Crippen LogP contribution < -0.4 is 11.2 Å². The lowest BCUT2D eigenvalue weighted by Gasteiger charge is -2.39. The highest BCUT2D eigenvalue weighted by Crippen LogP contribution is 2.40. The number of nitrogens with one attached hydrogen (secondary N) is 1. The summed E-state index contributed by atoms with van der Waals surface area (Å²) in [5, 5.41) is 9.62. The molecule has 1 aromatic heterocycles. The molecule has 1 aliphatic heterocycles. The lowest BCUT2D eigenvalue weighted by atomic mass is 10.2. The van der Waals surface area contributed by atoms with Gasteiger partial charge in [-0.2, -0.15) is 0 Å². The lowest BCUT2D eigenvalue weighted by molar-refractivity contribution is -0.0438. The molecule has 0 bridgehead atoms. The molecule has 2 rings (SSSR count). The van der Waals surface area contributed by atoms with Crippen LogP contribution in [0.25, 0.3) is 0 Å². The quantitative estimate of drug-likeness (QED) is 0.802. The molecule has 0 aliphatic carbocycles. The van der Waals surface area contributed by atoms with E-state index in [1.807, 2.05) is 0 Å². The van der Waals surface area contributed by atoms with Gasteiger partial charge in [0.1, 0.15) is 12.3 Å². The fourth-order valence-electron chi connectivity index (χ4n) is 2.37. The Hall–Kier alpha value is -1.22. The maximum atomic E-state index is 11.9. The van der Waals surface area contributed by atoms with E-state index >= 15 is 0 Å². The maximum absolute atomic E-state index is 11.9. The predicted octanol–water partition coefficient (Wildman–Crippen LogP) is 1.21. The number of aliphatic hydroxyl groups excluding tert-OH is 1. The molecule has 23 heavy (non-hydrogen) atoms. The summed E-state index contributed by atoms with van der Waals surface area (Å²) in [6.07, 6.45) is 0.572. The van der Waals surface area contributed by atoms with E-state index in [2.05, 4.69) is 38.8 Å². The van der Waals surface area contributed by atoms with Crippen LogP contribution in [0.3, 0.4) is 0 Å². The summed E-state index contributed by atoms with van der Waals surface area (Å²) in [5.41, 5.74) is -0.968. The zero-order valence-electron chi connectivity index (χ0n) is 14.3. The molecule has 0 saturated carbocycles. The Morgan fingerprint density at radius 3 is 2.61 bits per heavy atom. The van der Waals surface area contributed by atoms with Crippen LogP contribution in [0.5, 0.6) is 0 Å². The van der Waals surface area contributed by atoms with Gasteiger partial charge in [-0.25, -0.2) is 4.79 Å². The molecule has 0 radical (unpaired) electrons. The van der Waals surface area contributed by atoms with Crippen molar-refractivity contribution in [1.29, 1.82) is 0 Å². The van der Waals surface area contributed by atoms with Crippen molar-refractivity contribution in [2.24, 2.45) is 0 Å². The predicted molar refractivity (Wildman–Crippen MR) is 89.0 cm³/mol. The monoisotopic (exact) mass is 342 g/mol. The molecule has 0 aromatic carbocycles. The van der Waals surface area contributed by atoms with Crippen molar-refractivity contribution >= 4 is 8.32 Å². The number of hydrogen-bond donors (Lipinski definition) is 2. The highest BCUT2D eigenvalue weighted by atomic mass is 28.4. The smallest absolute Gasteiger partial charge is 0.330 e. The molecule has 1 aromatic rings. The Labute approximate surface area is 136 Å². The minimum atomic E-state index is -2.02. The molecule has 3 atom stereocenters. The maximum Gasteiger partial charge on any atom is 0.330 e. The number of aliphatic hydroxyl groups is 1. The van der Waals surface area contributed by atoms with Crippen molar-refractivity contribution in [3.8, 4) is 0 Å². The normalized spacial score (nSPS) is 25.7. The van der Waals surface area contributed by atoms with Crippen LogP contribution in [-0.4, -0.2) is 41.8 Å². The Balaban J connectivity index is 2.21. The minimum absolute atomic E-state index is 0.0416. The summed E-state index contributed by atoms with van der Waals surface area (Å²) in [7, 11) is -2.02. The molecule has 1 aliphatic rings. The Morgan fingerprint density at radius 2 is 2.09 bits per heavy atom. The van der Waals surface area contributed by atoms with E-state index < -0.39 is 31.9 Å². The van der Waals surface area contributed by atoms with E-state index in [0.29, 0.717) is 6.42 Å². The number of rotatable bonds is 4. The molecule has 1 fully saturated rings. The molecule has 130 valence electrons. The van der Waals surface area contributed by atoms with Gasteiger partial charge in [0.05, 0.1) is 12.7 Å². The first-order valence-electron chi connectivity index (χ1n) is 7.81. The molecule has 7 nitrogen and oxygen atoms in total. The summed E-state index contributed by atoms with van der Waals surface area (Å²) in [6.45, 7) is 10.5. The summed E-state index contributed by atoms with van der Waals surface area (Å²) >= 11 is 0. The second-order valence-corrected chi connectivity index (χ2v) is 12.2. The van der Waals surface area contributed by atoms with Gasteiger partial charge in [-0.05, 0) is 18.1 Å². The highest BCUT2D eigenvalue weighted by Gasteiger charge is 2.45. The molecule has 8 heteroatoms. The zero-order valence-corrected chi connectivity index (χ0v) is 15.3. The molecule has 0 spiro atoms. The second kappa shape index (κ2) is 6.35. The van der Waals surface area contributed by atoms with Crippen LogP contribution in [0.4, 0.5) is 0 Å². The summed E-state index contributed by atoms with van der Waals surface area (Å²) < 4.78 is 13.5. The van der Waals surface area contributed by atoms with Crippen LogP contribution in [0.2, 0.25) is 18.1 Å². The zero-order chi connectivity index (χ0) is 17.4. The third kappa shape index (κ3) is 3.82. The Morgan fingerprint density at radius 1 is 1.43 bits per heavy atom. The SMILES string of the molecule is CC(C)(C)[Si](C)(C)OC1C[C@H](n2ccc(=O)[nH]c2=O)O[C@@H]1CO. The summed E-state index contributed by atoms with van der Waals surface area (Å²) in [5.74, 6) is 0. The van der Waals surface area contributed by atoms with E-state index in [4.69, 9.17) is 9.16 Å². The first-order valence-corrected chi connectivity index (χ1v) is 10.7. The molecule has 1 saturated heterocycles. The molecule has 1 unspecified atom stereocenters. The van der Waals surface area contributed by atoms with Crippen LogP contribution >= 0.6 is 0 Å². The summed E-state index contributed by atoms with van der Waals surface area (Å²) in [4.78, 5) is 25.3. The number of aromatic nitrogens is 2. The molecule has 0 amide bonds. The lowest BCUT2D eigenvalue weighted by Crippen LogP contribution is -2.46. The van der Waals surface area contributed by atoms with Crippen LogP contribution in [0, 0.1) is 0 Å². The fraction of sp³-hybridized carbons (Fsp3) is 0.733. The summed E-state index contributed by atoms with van der Waals surface area (Å²) in [6, 6.07) is 1.28. The Kier molecular flexibility index (Phi) is 5.00. The van der Waals surface area contributed by atoms with Crippen molar-refractivity contribution < 1.29 is 14.3 Å². The van der Waals surface area contributed by atoms with Gasteiger partial charge in [-0.1, -0.05) is 20.8 Å². The van der Waals surface area contributed by atoms with E-state index in [1.54, 1.807) is 0 Å². The van der Waals surface area contributed by atoms with Crippen molar-refractivity contribution in [2.75, 3.05) is 6.61 Å². The van der Waals surface area contributed by atoms with E-state index in [9.17, 15) is 14.7 Å². The molecular weight excluding hydrogens is 316 g/mol. The van der Waals surface area contributed by atoms with Gasteiger partial charge in [0, 0.05) is 18.7 Å². The van der Waals surface area contributed by atoms with Crippen molar-refractivity contribution in [2.45, 2.75) is 63.8 Å². The second-order valence-electron chi connectivity index (χ2n) is 7.48. The van der Waals surface area contributed by atoms with Crippen molar-refractivity contribution in [3.63, 3.8) is 0 Å². The Bertz CT molecular complexity index is 661. The van der Waals surface area contributed by atoms with E-state index in [0.717, 1.165) is 0 Å². The minimum Gasteiger partial charge on any atom is -0.411 e. The van der Waals surface area contributed by atoms with E-state index in [-0.39, 0.29) is 17.7 Å². The highest BCUT2D eigenvalue weighted by molar-refractivity contribution is 6.74. The topological polar surface area (TPSA) is 93.6 Å². The number of aromatic amines is 1. The van der Waals surface area contributed by atoms with E-state index in [1.165, 1.54) is 16.8 Å². The van der Waals surface area contributed by atoms with Gasteiger partial charge in [-0.3, -0.25) is 14.3 Å². The van der Waals surface area contributed by atoms with Gasteiger partial charge >= 0.3 is 5.69 Å². The first-order chi connectivity index (χ1) is 10.5. The van der Waals surface area contributed by atoms with Gasteiger partial charge in [-0.15, -0.1) is 0 Å². The third-order valence-corrected chi connectivity index (χ3v) is 9.28. The van der Waals surface area contributed by atoms with Gasteiger partial charge in [0.15, 0.2) is 8.32 Å². The standard InChI is InChI=1S/C15H26N2O5Si/c1-15(2,3)23(4,5)22-10-8-13(21-11(10)9-18)17-7-6-12(19)16-14(17)20/h6-7,10-11,13,18H,8-9H2,1-5H3,(H,16,19,20)/t10?,11-,13-/m1/s1.